The minimum absolute atomic E-state index is 0.275. The van der Waals surface area contributed by atoms with E-state index in [0.717, 1.165) is 22.9 Å². The summed E-state index contributed by atoms with van der Waals surface area (Å²) in [5.41, 5.74) is 3.57. The topological polar surface area (TPSA) is 43.2 Å². The van der Waals surface area contributed by atoms with Gasteiger partial charge >= 0.3 is 0 Å². The van der Waals surface area contributed by atoms with E-state index in [1.807, 2.05) is 23.0 Å². The third-order valence-corrected chi connectivity index (χ3v) is 5.57. The molecule has 0 spiro atoms. The van der Waals surface area contributed by atoms with Crippen molar-refractivity contribution in [3.8, 4) is 5.75 Å². The Bertz CT molecular complexity index is 857. The maximum Gasteiger partial charge on any atom is 0.123 e. The highest BCUT2D eigenvalue weighted by atomic mass is 32.1. The maximum absolute atomic E-state index is 5.53. The fourth-order valence-electron chi connectivity index (χ4n) is 3.19. The molecule has 0 N–H and O–H groups in total. The zero-order valence-corrected chi connectivity index (χ0v) is 16.9. The van der Waals surface area contributed by atoms with E-state index in [1.54, 1.807) is 24.6 Å². The smallest absolute Gasteiger partial charge is 0.123 e. The summed E-state index contributed by atoms with van der Waals surface area (Å²) >= 11 is 1.77. The molecule has 1 aromatic carbocycles. The predicted octanol–water partition coefficient (Wildman–Crippen LogP) is 4.21. The molecule has 6 heteroatoms. The van der Waals surface area contributed by atoms with Crippen LogP contribution in [0.1, 0.15) is 39.7 Å². The van der Waals surface area contributed by atoms with Gasteiger partial charge in [-0.1, -0.05) is 6.07 Å². The fraction of sp³-hybridized carbons (Fsp3) is 0.400. The van der Waals surface area contributed by atoms with Crippen molar-refractivity contribution in [1.29, 1.82) is 0 Å². The molecule has 26 heavy (non-hydrogen) atoms. The Hall–Kier alpha value is -2.18. The molecule has 2 heterocycles. The van der Waals surface area contributed by atoms with Gasteiger partial charge in [0.05, 0.1) is 30.4 Å². The Kier molecular flexibility index (Phi) is 5.74. The van der Waals surface area contributed by atoms with Gasteiger partial charge in [0.2, 0.25) is 0 Å². The van der Waals surface area contributed by atoms with Crippen LogP contribution in [0.25, 0.3) is 0 Å². The molecule has 0 amide bonds. The molecule has 138 valence electrons. The zero-order valence-electron chi connectivity index (χ0n) is 16.1. The van der Waals surface area contributed by atoms with E-state index in [2.05, 4.69) is 50.0 Å². The minimum atomic E-state index is 0.275. The first kappa shape index (κ1) is 18.6. The first-order chi connectivity index (χ1) is 12.5. The number of ether oxygens (including phenoxy) is 1. The van der Waals surface area contributed by atoms with Gasteiger partial charge in [-0.2, -0.15) is 5.10 Å². The maximum atomic E-state index is 5.53. The SMILES string of the molecule is COc1ccc(CN(C)[C@H](C)c2nc(C)sc2C)cc1Cn1cccn1. The second-order valence-corrected chi connectivity index (χ2v) is 8.02. The van der Waals surface area contributed by atoms with E-state index >= 15 is 0 Å². The Balaban J connectivity index is 1.77. The molecule has 1 atom stereocenters. The van der Waals surface area contributed by atoms with E-state index in [9.17, 15) is 0 Å². The molecule has 0 aliphatic heterocycles. The first-order valence-electron chi connectivity index (χ1n) is 8.75. The lowest BCUT2D eigenvalue weighted by molar-refractivity contribution is 0.248. The number of benzene rings is 1. The van der Waals surface area contributed by atoms with Gasteiger partial charge in [0, 0.05) is 29.4 Å². The van der Waals surface area contributed by atoms with Gasteiger partial charge in [-0.25, -0.2) is 4.98 Å². The molecule has 0 unspecified atom stereocenters. The normalized spacial score (nSPS) is 12.5. The largest absolute Gasteiger partial charge is 0.496 e. The second kappa shape index (κ2) is 8.01. The van der Waals surface area contributed by atoms with Gasteiger partial charge in [-0.3, -0.25) is 9.58 Å². The van der Waals surface area contributed by atoms with E-state index in [-0.39, 0.29) is 6.04 Å². The van der Waals surface area contributed by atoms with Gasteiger partial charge in [0.25, 0.3) is 0 Å². The highest BCUT2D eigenvalue weighted by molar-refractivity contribution is 7.11. The fourth-order valence-corrected chi connectivity index (χ4v) is 4.10. The average Bonchev–Trinajstić information content (AvgIpc) is 3.23. The van der Waals surface area contributed by atoms with Gasteiger partial charge in [-0.15, -0.1) is 11.3 Å². The van der Waals surface area contributed by atoms with Crippen LogP contribution in [0.3, 0.4) is 0 Å². The number of hydrogen-bond acceptors (Lipinski definition) is 5. The molecule has 0 saturated heterocycles. The van der Waals surface area contributed by atoms with E-state index in [1.165, 1.54) is 16.1 Å². The van der Waals surface area contributed by atoms with Crippen LogP contribution >= 0.6 is 11.3 Å². The summed E-state index contributed by atoms with van der Waals surface area (Å²) in [6, 6.07) is 8.60. The third-order valence-electron chi connectivity index (χ3n) is 4.66. The molecule has 3 rings (SSSR count). The highest BCUT2D eigenvalue weighted by Crippen LogP contribution is 2.28. The summed E-state index contributed by atoms with van der Waals surface area (Å²) in [6.07, 6.45) is 3.76. The molecular weight excluding hydrogens is 344 g/mol. The summed E-state index contributed by atoms with van der Waals surface area (Å²) in [7, 11) is 3.86. The number of rotatable bonds is 7. The van der Waals surface area contributed by atoms with Crippen molar-refractivity contribution in [2.45, 2.75) is 39.9 Å². The van der Waals surface area contributed by atoms with Crippen LogP contribution < -0.4 is 4.74 Å². The Morgan fingerprint density at radius 1 is 1.31 bits per heavy atom. The van der Waals surface area contributed by atoms with Crippen molar-refractivity contribution >= 4 is 11.3 Å². The van der Waals surface area contributed by atoms with Crippen LogP contribution in [0, 0.1) is 13.8 Å². The van der Waals surface area contributed by atoms with Crippen molar-refractivity contribution in [3.63, 3.8) is 0 Å². The number of thiazole rings is 1. The van der Waals surface area contributed by atoms with E-state index in [0.29, 0.717) is 6.54 Å². The van der Waals surface area contributed by atoms with E-state index in [4.69, 9.17) is 9.72 Å². The molecule has 0 saturated carbocycles. The van der Waals surface area contributed by atoms with Gasteiger partial charge in [0.1, 0.15) is 5.75 Å². The number of aryl methyl sites for hydroxylation is 2. The lowest BCUT2D eigenvalue weighted by Gasteiger charge is -2.24. The highest BCUT2D eigenvalue weighted by Gasteiger charge is 2.18. The number of nitrogens with zero attached hydrogens (tertiary/aromatic N) is 4. The third kappa shape index (κ3) is 4.14. The molecular formula is C20H26N4OS. The summed E-state index contributed by atoms with van der Waals surface area (Å²) in [6.45, 7) is 8.00. The number of aromatic nitrogens is 3. The molecule has 0 bridgehead atoms. The lowest BCUT2D eigenvalue weighted by Crippen LogP contribution is -2.23. The zero-order chi connectivity index (χ0) is 18.7. The molecule has 0 radical (unpaired) electrons. The van der Waals surface area contributed by atoms with Crippen LogP contribution in [0.15, 0.2) is 36.7 Å². The van der Waals surface area contributed by atoms with Gasteiger partial charge < -0.3 is 4.74 Å². The van der Waals surface area contributed by atoms with Crippen molar-refractivity contribution in [2.24, 2.45) is 0 Å². The molecule has 0 fully saturated rings. The predicted molar refractivity (Wildman–Crippen MR) is 106 cm³/mol. The average molecular weight is 371 g/mol. The molecule has 5 nitrogen and oxygen atoms in total. The Morgan fingerprint density at radius 2 is 2.12 bits per heavy atom. The van der Waals surface area contributed by atoms with Crippen molar-refractivity contribution < 1.29 is 4.74 Å². The molecule has 3 aromatic rings. The number of methoxy groups -OCH3 is 1. The first-order valence-corrected chi connectivity index (χ1v) is 9.57. The van der Waals surface area contributed by atoms with Crippen LogP contribution in [-0.2, 0) is 13.1 Å². The Labute approximate surface area is 159 Å². The molecule has 0 aliphatic rings. The number of hydrogen-bond donors (Lipinski definition) is 0. The van der Waals surface area contributed by atoms with Gasteiger partial charge in [-0.05, 0) is 51.6 Å². The van der Waals surface area contributed by atoms with Crippen LogP contribution in [-0.4, -0.2) is 33.8 Å². The molecule has 2 aromatic heterocycles. The standard InChI is InChI=1S/C20H26N4OS/c1-14(20-15(2)26-16(3)22-20)23(4)12-17-7-8-19(25-5)18(11-17)13-24-10-6-9-21-24/h6-11,14H,12-13H2,1-5H3/t14-/m1/s1. The van der Waals surface area contributed by atoms with Gasteiger partial charge in [0.15, 0.2) is 0 Å². The van der Waals surface area contributed by atoms with Crippen molar-refractivity contribution in [2.75, 3.05) is 14.2 Å². The van der Waals surface area contributed by atoms with Crippen LogP contribution in [0.2, 0.25) is 0 Å². The second-order valence-electron chi connectivity index (χ2n) is 6.62. The lowest BCUT2D eigenvalue weighted by atomic mass is 10.1. The van der Waals surface area contributed by atoms with Crippen molar-refractivity contribution in [1.82, 2.24) is 19.7 Å². The van der Waals surface area contributed by atoms with Crippen LogP contribution in [0.5, 0.6) is 5.75 Å². The minimum Gasteiger partial charge on any atom is -0.496 e. The Morgan fingerprint density at radius 3 is 2.73 bits per heavy atom. The van der Waals surface area contributed by atoms with Crippen molar-refractivity contribution in [3.05, 3.63) is 63.4 Å². The summed E-state index contributed by atoms with van der Waals surface area (Å²) in [5.74, 6) is 0.894. The quantitative estimate of drug-likeness (QED) is 0.625. The summed E-state index contributed by atoms with van der Waals surface area (Å²) in [5, 5.41) is 5.43. The summed E-state index contributed by atoms with van der Waals surface area (Å²) in [4.78, 5) is 8.35. The molecule has 0 aliphatic carbocycles. The van der Waals surface area contributed by atoms with Crippen LogP contribution in [0.4, 0.5) is 0 Å². The monoisotopic (exact) mass is 370 g/mol. The van der Waals surface area contributed by atoms with E-state index < -0.39 is 0 Å². The summed E-state index contributed by atoms with van der Waals surface area (Å²) < 4.78 is 7.44.